The molecule has 1 aromatic carbocycles. The molecule has 1 unspecified atom stereocenters. The summed E-state index contributed by atoms with van der Waals surface area (Å²) in [6.07, 6.45) is 4.71. The molecule has 0 aliphatic rings. The zero-order chi connectivity index (χ0) is 11.1. The summed E-state index contributed by atoms with van der Waals surface area (Å²) in [5.74, 6) is 0.131. The Kier molecular flexibility index (Phi) is 5.13. The number of ketones is 1. The Morgan fingerprint density at radius 3 is 2.67 bits per heavy atom. The summed E-state index contributed by atoms with van der Waals surface area (Å²) in [5.41, 5.74) is 1.05. The van der Waals surface area contributed by atoms with Crippen LogP contribution >= 0.6 is 11.6 Å². The number of alkyl halides is 1. The van der Waals surface area contributed by atoms with Gasteiger partial charge in [-0.1, -0.05) is 36.4 Å². The van der Waals surface area contributed by atoms with Gasteiger partial charge in [0.15, 0.2) is 5.78 Å². The van der Waals surface area contributed by atoms with Crippen molar-refractivity contribution in [1.29, 1.82) is 0 Å². The maximum Gasteiger partial charge on any atom is 0.155 e. The van der Waals surface area contributed by atoms with Crippen molar-refractivity contribution in [3.63, 3.8) is 0 Å². The normalized spacial score (nSPS) is 12.9. The van der Waals surface area contributed by atoms with Gasteiger partial charge in [0, 0.05) is 11.8 Å². The third-order valence-corrected chi connectivity index (χ3v) is 2.27. The Bertz CT molecular complexity index is 328. The van der Waals surface area contributed by atoms with Crippen LogP contribution in [0.4, 0.5) is 0 Å². The molecule has 0 saturated carbocycles. The smallest absolute Gasteiger partial charge is 0.155 e. The van der Waals surface area contributed by atoms with Crippen molar-refractivity contribution in [3.8, 4) is 0 Å². The fourth-order valence-electron chi connectivity index (χ4n) is 1.18. The second-order valence-corrected chi connectivity index (χ2v) is 4.27. The quantitative estimate of drug-likeness (QED) is 0.549. The highest BCUT2D eigenvalue weighted by Crippen LogP contribution is 2.06. The standard InChI is InChI=1S/C13H15ClO/c1-11(14)7-9-13(15)10-8-12-5-3-2-4-6-12/h2-6,8,10-11H,7,9H2,1H3. The number of carbonyl (C=O) groups excluding carboxylic acids is 1. The average molecular weight is 223 g/mol. The Labute approximate surface area is 95.8 Å². The lowest BCUT2D eigenvalue weighted by Crippen LogP contribution is -1.97. The summed E-state index contributed by atoms with van der Waals surface area (Å²) in [6, 6.07) is 9.78. The fraction of sp³-hybridized carbons (Fsp3) is 0.308. The highest BCUT2D eigenvalue weighted by atomic mass is 35.5. The first kappa shape index (κ1) is 12.0. The SMILES string of the molecule is CC(Cl)CCC(=O)C=Cc1ccccc1. The summed E-state index contributed by atoms with van der Waals surface area (Å²) >= 11 is 5.76. The first-order chi connectivity index (χ1) is 7.18. The Morgan fingerprint density at radius 2 is 2.07 bits per heavy atom. The first-order valence-electron chi connectivity index (χ1n) is 5.08. The molecule has 80 valence electrons. The summed E-state index contributed by atoms with van der Waals surface area (Å²) < 4.78 is 0. The molecule has 0 aliphatic carbocycles. The van der Waals surface area contributed by atoms with E-state index in [0.717, 1.165) is 12.0 Å². The van der Waals surface area contributed by atoms with E-state index in [-0.39, 0.29) is 11.2 Å². The van der Waals surface area contributed by atoms with Gasteiger partial charge in [0.1, 0.15) is 0 Å². The first-order valence-corrected chi connectivity index (χ1v) is 5.52. The van der Waals surface area contributed by atoms with Crippen molar-refractivity contribution >= 4 is 23.5 Å². The number of hydrogen-bond acceptors (Lipinski definition) is 1. The number of benzene rings is 1. The zero-order valence-corrected chi connectivity index (χ0v) is 9.58. The molecule has 0 aromatic heterocycles. The van der Waals surface area contributed by atoms with E-state index in [1.54, 1.807) is 6.08 Å². The predicted molar refractivity (Wildman–Crippen MR) is 65.0 cm³/mol. The van der Waals surface area contributed by atoms with Crippen molar-refractivity contribution in [3.05, 3.63) is 42.0 Å². The minimum absolute atomic E-state index is 0.0686. The summed E-state index contributed by atoms with van der Waals surface area (Å²) in [4.78, 5) is 11.4. The van der Waals surface area contributed by atoms with Crippen LogP contribution in [0.5, 0.6) is 0 Å². The summed E-state index contributed by atoms with van der Waals surface area (Å²) in [7, 11) is 0. The Hall–Kier alpha value is -1.08. The van der Waals surface area contributed by atoms with E-state index in [0.29, 0.717) is 6.42 Å². The molecule has 15 heavy (non-hydrogen) atoms. The van der Waals surface area contributed by atoms with Gasteiger partial charge in [0.2, 0.25) is 0 Å². The molecule has 0 amide bonds. The molecule has 0 saturated heterocycles. The summed E-state index contributed by atoms with van der Waals surface area (Å²) in [6.45, 7) is 1.90. The van der Waals surface area contributed by atoms with Gasteiger partial charge in [-0.3, -0.25) is 4.79 Å². The van der Waals surface area contributed by atoms with E-state index in [9.17, 15) is 4.79 Å². The second-order valence-electron chi connectivity index (χ2n) is 3.53. The van der Waals surface area contributed by atoms with Crippen molar-refractivity contribution in [2.75, 3.05) is 0 Å². The maximum absolute atomic E-state index is 11.4. The van der Waals surface area contributed by atoms with Gasteiger partial charge in [-0.05, 0) is 25.0 Å². The maximum atomic E-state index is 11.4. The highest BCUT2D eigenvalue weighted by Gasteiger charge is 2.00. The molecule has 0 spiro atoms. The van der Waals surface area contributed by atoms with Crippen LogP contribution in [0.2, 0.25) is 0 Å². The van der Waals surface area contributed by atoms with Gasteiger partial charge < -0.3 is 0 Å². The fourth-order valence-corrected chi connectivity index (χ4v) is 1.29. The molecule has 0 bridgehead atoms. The molecule has 1 rings (SSSR count). The van der Waals surface area contributed by atoms with E-state index >= 15 is 0 Å². The minimum Gasteiger partial charge on any atom is -0.295 e. The van der Waals surface area contributed by atoms with Crippen molar-refractivity contribution < 1.29 is 4.79 Å². The van der Waals surface area contributed by atoms with Crippen LogP contribution in [0.15, 0.2) is 36.4 Å². The molecule has 0 N–H and O–H groups in total. The molecule has 0 radical (unpaired) electrons. The molecule has 2 heteroatoms. The zero-order valence-electron chi connectivity index (χ0n) is 8.82. The molecule has 1 aromatic rings. The van der Waals surface area contributed by atoms with Crippen molar-refractivity contribution in [2.45, 2.75) is 25.1 Å². The van der Waals surface area contributed by atoms with Gasteiger partial charge in [-0.2, -0.15) is 0 Å². The van der Waals surface area contributed by atoms with Gasteiger partial charge in [-0.25, -0.2) is 0 Å². The Balaban J connectivity index is 2.41. The van der Waals surface area contributed by atoms with Crippen LogP contribution in [0.1, 0.15) is 25.3 Å². The largest absolute Gasteiger partial charge is 0.295 e. The monoisotopic (exact) mass is 222 g/mol. The van der Waals surface area contributed by atoms with E-state index in [1.165, 1.54) is 0 Å². The van der Waals surface area contributed by atoms with E-state index < -0.39 is 0 Å². The van der Waals surface area contributed by atoms with Gasteiger partial charge >= 0.3 is 0 Å². The number of allylic oxidation sites excluding steroid dienone is 1. The Morgan fingerprint density at radius 1 is 1.40 bits per heavy atom. The number of carbonyl (C=O) groups is 1. The molecular formula is C13H15ClO. The average Bonchev–Trinajstić information content (AvgIpc) is 2.25. The van der Waals surface area contributed by atoms with Crippen LogP contribution < -0.4 is 0 Å². The van der Waals surface area contributed by atoms with Gasteiger partial charge in [0.25, 0.3) is 0 Å². The molecule has 0 heterocycles. The topological polar surface area (TPSA) is 17.1 Å². The van der Waals surface area contributed by atoms with Crippen LogP contribution in [0.25, 0.3) is 6.08 Å². The van der Waals surface area contributed by atoms with Gasteiger partial charge in [0.05, 0.1) is 0 Å². The number of halogens is 1. The van der Waals surface area contributed by atoms with Crippen LogP contribution in [-0.4, -0.2) is 11.2 Å². The van der Waals surface area contributed by atoms with Crippen molar-refractivity contribution in [2.24, 2.45) is 0 Å². The summed E-state index contributed by atoms with van der Waals surface area (Å²) in [5, 5.41) is 0.0686. The molecule has 0 fully saturated rings. The molecule has 0 aliphatic heterocycles. The van der Waals surface area contributed by atoms with E-state index in [1.807, 2.05) is 43.3 Å². The van der Waals surface area contributed by atoms with Crippen molar-refractivity contribution in [1.82, 2.24) is 0 Å². The highest BCUT2D eigenvalue weighted by molar-refractivity contribution is 6.20. The molecule has 1 atom stereocenters. The lowest BCUT2D eigenvalue weighted by Gasteiger charge is -1.98. The minimum atomic E-state index is 0.0686. The lowest BCUT2D eigenvalue weighted by atomic mass is 10.1. The third kappa shape index (κ3) is 5.38. The number of hydrogen-bond donors (Lipinski definition) is 0. The molecule has 1 nitrogen and oxygen atoms in total. The second kappa shape index (κ2) is 6.41. The molecular weight excluding hydrogens is 208 g/mol. The van der Waals surface area contributed by atoms with Crippen LogP contribution in [0.3, 0.4) is 0 Å². The lowest BCUT2D eigenvalue weighted by molar-refractivity contribution is -0.114. The third-order valence-electron chi connectivity index (χ3n) is 2.05. The van der Waals surface area contributed by atoms with E-state index in [2.05, 4.69) is 0 Å². The predicted octanol–water partition coefficient (Wildman–Crippen LogP) is 3.68. The van der Waals surface area contributed by atoms with Gasteiger partial charge in [-0.15, -0.1) is 11.6 Å². The number of rotatable bonds is 5. The van der Waals surface area contributed by atoms with E-state index in [4.69, 9.17) is 11.6 Å². The van der Waals surface area contributed by atoms with Crippen LogP contribution in [-0.2, 0) is 4.79 Å². The van der Waals surface area contributed by atoms with Crippen LogP contribution in [0, 0.1) is 0 Å².